The molecule has 0 saturated carbocycles. The van der Waals surface area contributed by atoms with Gasteiger partial charge >= 0.3 is 0 Å². The summed E-state index contributed by atoms with van der Waals surface area (Å²) in [5.74, 6) is 0. The fourth-order valence-corrected chi connectivity index (χ4v) is 0.825. The lowest BCUT2D eigenvalue weighted by Gasteiger charge is -2.35. The van der Waals surface area contributed by atoms with E-state index >= 15 is 0 Å². The fourth-order valence-electron chi connectivity index (χ4n) is 0.825. The molecule has 10 heavy (non-hydrogen) atoms. The molecule has 1 aliphatic rings. The lowest BCUT2D eigenvalue weighted by molar-refractivity contribution is -0.209. The molecule has 0 aromatic heterocycles. The van der Waals surface area contributed by atoms with E-state index in [1.807, 2.05) is 5.06 Å². The first-order valence-electron chi connectivity index (χ1n) is 3.45. The van der Waals surface area contributed by atoms with Gasteiger partial charge < -0.3 is 10.5 Å². The van der Waals surface area contributed by atoms with Crippen LogP contribution in [0.4, 0.5) is 0 Å². The van der Waals surface area contributed by atoms with Crippen LogP contribution in [0.5, 0.6) is 0 Å². The third kappa shape index (κ3) is 2.22. The number of methoxy groups -OCH3 is 1. The predicted octanol–water partition coefficient (Wildman–Crippen LogP) is -0.793. The van der Waals surface area contributed by atoms with Crippen LogP contribution in [0, 0.1) is 0 Å². The third-order valence-corrected chi connectivity index (χ3v) is 1.44. The Hall–Kier alpha value is -0.160. The second kappa shape index (κ2) is 3.88. The summed E-state index contributed by atoms with van der Waals surface area (Å²) in [6, 6.07) is 0.308. The molecule has 1 fully saturated rings. The SMILES string of the molecule is COCCON1CC(N)C1. The fraction of sp³-hybridized carbons (Fsp3) is 1.00. The summed E-state index contributed by atoms with van der Waals surface area (Å²) in [6.45, 7) is 2.97. The zero-order valence-electron chi connectivity index (χ0n) is 6.25. The molecule has 0 spiro atoms. The van der Waals surface area contributed by atoms with E-state index in [1.54, 1.807) is 7.11 Å². The van der Waals surface area contributed by atoms with Crippen LogP contribution in [0.25, 0.3) is 0 Å². The lowest BCUT2D eigenvalue weighted by Crippen LogP contribution is -2.55. The molecule has 0 aromatic carbocycles. The Kier molecular flexibility index (Phi) is 3.08. The van der Waals surface area contributed by atoms with Crippen molar-refractivity contribution in [1.29, 1.82) is 0 Å². The molecule has 0 atom stereocenters. The Morgan fingerprint density at radius 2 is 2.20 bits per heavy atom. The minimum atomic E-state index is 0.308. The summed E-state index contributed by atoms with van der Waals surface area (Å²) in [7, 11) is 1.66. The molecule has 60 valence electrons. The molecular weight excluding hydrogens is 132 g/mol. The van der Waals surface area contributed by atoms with E-state index < -0.39 is 0 Å². The van der Waals surface area contributed by atoms with Crippen LogP contribution in [-0.2, 0) is 9.57 Å². The normalized spacial score (nSPS) is 21.0. The number of nitrogens with two attached hydrogens (primary N) is 1. The average molecular weight is 146 g/mol. The highest BCUT2D eigenvalue weighted by Gasteiger charge is 2.23. The molecule has 0 aliphatic carbocycles. The van der Waals surface area contributed by atoms with Crippen molar-refractivity contribution in [3.05, 3.63) is 0 Å². The highest BCUT2D eigenvalue weighted by molar-refractivity contribution is 4.76. The van der Waals surface area contributed by atoms with Crippen molar-refractivity contribution in [3.8, 4) is 0 Å². The van der Waals surface area contributed by atoms with E-state index in [1.165, 1.54) is 0 Å². The summed E-state index contributed by atoms with van der Waals surface area (Å²) in [5, 5.41) is 1.85. The lowest BCUT2D eigenvalue weighted by atomic mass is 10.2. The summed E-state index contributed by atoms with van der Waals surface area (Å²) >= 11 is 0. The van der Waals surface area contributed by atoms with Crippen molar-refractivity contribution >= 4 is 0 Å². The molecule has 1 aliphatic heterocycles. The summed E-state index contributed by atoms with van der Waals surface area (Å²) in [6.07, 6.45) is 0. The number of hydroxylamine groups is 2. The summed E-state index contributed by atoms with van der Waals surface area (Å²) in [5.41, 5.74) is 5.52. The van der Waals surface area contributed by atoms with Crippen LogP contribution in [0.1, 0.15) is 0 Å². The molecular formula is C6H14N2O2. The molecule has 4 nitrogen and oxygen atoms in total. The maximum Gasteiger partial charge on any atom is 0.0918 e. The minimum absolute atomic E-state index is 0.308. The number of ether oxygens (including phenoxy) is 1. The van der Waals surface area contributed by atoms with Crippen molar-refractivity contribution in [2.24, 2.45) is 5.73 Å². The van der Waals surface area contributed by atoms with Gasteiger partial charge in [0.05, 0.1) is 13.2 Å². The van der Waals surface area contributed by atoms with Crippen LogP contribution < -0.4 is 5.73 Å². The standard InChI is InChI=1S/C6H14N2O2/c1-9-2-3-10-8-4-6(7)5-8/h6H,2-5,7H2,1H3. The molecule has 1 heterocycles. The van der Waals surface area contributed by atoms with E-state index in [2.05, 4.69) is 0 Å². The predicted molar refractivity (Wildman–Crippen MR) is 37.4 cm³/mol. The van der Waals surface area contributed by atoms with Gasteiger partial charge in [-0.2, -0.15) is 5.06 Å². The van der Waals surface area contributed by atoms with Gasteiger partial charge in [0.25, 0.3) is 0 Å². The molecule has 0 unspecified atom stereocenters. The molecule has 1 rings (SSSR count). The maximum atomic E-state index is 5.52. The Balaban J connectivity index is 1.86. The summed E-state index contributed by atoms with van der Waals surface area (Å²) in [4.78, 5) is 5.22. The van der Waals surface area contributed by atoms with E-state index in [0.717, 1.165) is 13.1 Å². The van der Waals surface area contributed by atoms with Gasteiger partial charge in [0.1, 0.15) is 0 Å². The monoisotopic (exact) mass is 146 g/mol. The van der Waals surface area contributed by atoms with E-state index in [-0.39, 0.29) is 0 Å². The molecule has 0 bridgehead atoms. The largest absolute Gasteiger partial charge is 0.382 e. The second-order valence-corrected chi connectivity index (χ2v) is 2.43. The first-order chi connectivity index (χ1) is 4.83. The Morgan fingerprint density at radius 3 is 2.70 bits per heavy atom. The van der Waals surface area contributed by atoms with Crippen molar-refractivity contribution in [1.82, 2.24) is 5.06 Å². The Morgan fingerprint density at radius 1 is 1.50 bits per heavy atom. The maximum absolute atomic E-state index is 5.52. The zero-order valence-corrected chi connectivity index (χ0v) is 6.25. The average Bonchev–Trinajstić information content (AvgIpc) is 1.85. The molecule has 0 radical (unpaired) electrons. The highest BCUT2D eigenvalue weighted by Crippen LogP contribution is 2.04. The van der Waals surface area contributed by atoms with Crippen molar-refractivity contribution in [2.75, 3.05) is 33.4 Å². The van der Waals surface area contributed by atoms with Gasteiger partial charge in [0, 0.05) is 26.2 Å². The second-order valence-electron chi connectivity index (χ2n) is 2.43. The highest BCUT2D eigenvalue weighted by atomic mass is 16.7. The van der Waals surface area contributed by atoms with Gasteiger partial charge in [0.15, 0.2) is 0 Å². The van der Waals surface area contributed by atoms with E-state index in [0.29, 0.717) is 19.3 Å². The summed E-state index contributed by atoms with van der Waals surface area (Å²) < 4.78 is 4.80. The number of nitrogens with zero attached hydrogens (tertiary/aromatic N) is 1. The topological polar surface area (TPSA) is 47.7 Å². The Bertz CT molecular complexity index is 93.7. The van der Waals surface area contributed by atoms with Gasteiger partial charge in [0.2, 0.25) is 0 Å². The minimum Gasteiger partial charge on any atom is -0.382 e. The van der Waals surface area contributed by atoms with Crippen molar-refractivity contribution in [3.63, 3.8) is 0 Å². The molecule has 4 heteroatoms. The first kappa shape index (κ1) is 7.94. The van der Waals surface area contributed by atoms with Crippen LogP contribution in [0.15, 0.2) is 0 Å². The number of hydrogen-bond acceptors (Lipinski definition) is 4. The first-order valence-corrected chi connectivity index (χ1v) is 3.45. The van der Waals surface area contributed by atoms with Gasteiger partial charge in [-0.05, 0) is 0 Å². The van der Waals surface area contributed by atoms with Crippen molar-refractivity contribution in [2.45, 2.75) is 6.04 Å². The van der Waals surface area contributed by atoms with E-state index in [4.69, 9.17) is 15.3 Å². The molecule has 2 N–H and O–H groups in total. The van der Waals surface area contributed by atoms with Gasteiger partial charge in [-0.15, -0.1) is 0 Å². The molecule has 0 amide bonds. The third-order valence-electron chi connectivity index (χ3n) is 1.44. The van der Waals surface area contributed by atoms with Crippen LogP contribution in [0.2, 0.25) is 0 Å². The van der Waals surface area contributed by atoms with Crippen LogP contribution in [-0.4, -0.2) is 44.5 Å². The Labute approximate surface area is 60.8 Å². The molecule has 0 aromatic rings. The van der Waals surface area contributed by atoms with Gasteiger partial charge in [-0.3, -0.25) is 4.84 Å². The van der Waals surface area contributed by atoms with Gasteiger partial charge in [-0.25, -0.2) is 0 Å². The smallest absolute Gasteiger partial charge is 0.0918 e. The van der Waals surface area contributed by atoms with Crippen LogP contribution >= 0.6 is 0 Å². The molecule has 1 saturated heterocycles. The van der Waals surface area contributed by atoms with Crippen LogP contribution in [0.3, 0.4) is 0 Å². The number of hydrogen-bond donors (Lipinski definition) is 1. The van der Waals surface area contributed by atoms with Crippen molar-refractivity contribution < 1.29 is 9.57 Å². The number of rotatable bonds is 4. The van der Waals surface area contributed by atoms with Gasteiger partial charge in [-0.1, -0.05) is 0 Å². The van der Waals surface area contributed by atoms with E-state index in [9.17, 15) is 0 Å². The quantitative estimate of drug-likeness (QED) is 0.528. The zero-order chi connectivity index (χ0) is 7.40.